The third kappa shape index (κ3) is 2.49. The van der Waals surface area contributed by atoms with Gasteiger partial charge >= 0.3 is 0 Å². The fourth-order valence-electron chi connectivity index (χ4n) is 1.74. The molecule has 0 unspecified atom stereocenters. The lowest BCUT2D eigenvalue weighted by Crippen LogP contribution is -2.01. The van der Waals surface area contributed by atoms with E-state index in [-0.39, 0.29) is 0 Å². The molecule has 0 aliphatic rings. The molecule has 0 N–H and O–H groups in total. The topological polar surface area (TPSA) is 77.3 Å². The Morgan fingerprint density at radius 2 is 1.35 bits per heavy atom. The van der Waals surface area contributed by atoms with Gasteiger partial charge in [0.15, 0.2) is 0 Å². The lowest BCUT2D eigenvalue weighted by molar-refractivity contribution is 0.862. The Bertz CT molecular complexity index is 679. The van der Waals surface area contributed by atoms with Crippen LogP contribution in [0, 0.1) is 0 Å². The highest BCUT2D eigenvalue weighted by Gasteiger charge is 2.07. The molecule has 0 atom stereocenters. The highest BCUT2D eigenvalue weighted by Crippen LogP contribution is 2.15. The number of nitrogens with zero attached hydrogens (tertiary/aromatic N) is 6. The van der Waals surface area contributed by atoms with Crippen LogP contribution in [0.15, 0.2) is 42.7 Å². The van der Waals surface area contributed by atoms with Crippen LogP contribution in [0.25, 0.3) is 23.0 Å². The quantitative estimate of drug-likeness (QED) is 0.719. The van der Waals surface area contributed by atoms with E-state index in [2.05, 4.69) is 37.3 Å². The predicted molar refractivity (Wildman–Crippen MR) is 73.5 cm³/mol. The zero-order chi connectivity index (χ0) is 13.8. The molecule has 1 aromatic carbocycles. The average Bonchev–Trinajstić information content (AvgIpc) is 2.56. The first-order chi connectivity index (χ1) is 9.86. The Morgan fingerprint density at radius 3 is 1.95 bits per heavy atom. The molecule has 20 heavy (non-hydrogen) atoms. The first kappa shape index (κ1) is 12.3. The second-order valence-corrected chi connectivity index (χ2v) is 4.17. The zero-order valence-electron chi connectivity index (χ0n) is 10.9. The molecule has 0 radical (unpaired) electrons. The summed E-state index contributed by atoms with van der Waals surface area (Å²) in [6.07, 6.45) is 4.26. The van der Waals surface area contributed by atoms with Crippen LogP contribution in [0.5, 0.6) is 0 Å². The Morgan fingerprint density at radius 1 is 0.750 bits per heavy atom. The molecule has 0 saturated heterocycles. The van der Waals surface area contributed by atoms with Gasteiger partial charge in [-0.1, -0.05) is 31.2 Å². The van der Waals surface area contributed by atoms with Crippen molar-refractivity contribution in [3.8, 4) is 23.0 Å². The van der Waals surface area contributed by atoms with Crippen molar-refractivity contribution in [2.75, 3.05) is 0 Å². The molecule has 3 rings (SSSR count). The van der Waals surface area contributed by atoms with Crippen molar-refractivity contribution in [2.45, 2.75) is 13.3 Å². The Hall–Kier alpha value is -2.76. The van der Waals surface area contributed by atoms with Crippen LogP contribution in [-0.2, 0) is 6.42 Å². The average molecular weight is 264 g/mol. The molecule has 3 aromatic rings. The van der Waals surface area contributed by atoms with Gasteiger partial charge in [0.2, 0.25) is 17.5 Å². The number of hydrogen-bond acceptors (Lipinski definition) is 6. The molecule has 2 heterocycles. The molecule has 0 fully saturated rings. The zero-order valence-corrected chi connectivity index (χ0v) is 10.9. The van der Waals surface area contributed by atoms with Crippen LogP contribution >= 0.6 is 0 Å². The normalized spacial score (nSPS) is 10.4. The molecule has 0 bridgehead atoms. The molecular formula is C14H12N6. The van der Waals surface area contributed by atoms with Crippen molar-refractivity contribution < 1.29 is 0 Å². The van der Waals surface area contributed by atoms with E-state index < -0.39 is 0 Å². The summed E-state index contributed by atoms with van der Waals surface area (Å²) in [4.78, 5) is 8.12. The van der Waals surface area contributed by atoms with Gasteiger partial charge in [-0.05, 0) is 18.1 Å². The van der Waals surface area contributed by atoms with E-state index in [1.165, 1.54) is 5.56 Å². The van der Waals surface area contributed by atoms with Gasteiger partial charge in [-0.15, -0.1) is 20.4 Å². The van der Waals surface area contributed by atoms with Gasteiger partial charge in [-0.3, -0.25) is 0 Å². The van der Waals surface area contributed by atoms with Gasteiger partial charge < -0.3 is 0 Å². The van der Waals surface area contributed by atoms with E-state index in [1.54, 1.807) is 18.5 Å². The third-order valence-electron chi connectivity index (χ3n) is 2.87. The van der Waals surface area contributed by atoms with E-state index >= 15 is 0 Å². The van der Waals surface area contributed by atoms with E-state index in [0.717, 1.165) is 12.0 Å². The molecule has 98 valence electrons. The summed E-state index contributed by atoms with van der Waals surface area (Å²) in [6, 6.07) is 9.76. The second-order valence-electron chi connectivity index (χ2n) is 4.17. The van der Waals surface area contributed by atoms with E-state index in [0.29, 0.717) is 17.5 Å². The summed E-state index contributed by atoms with van der Waals surface area (Å²) in [6.45, 7) is 2.11. The van der Waals surface area contributed by atoms with Gasteiger partial charge in [-0.2, -0.15) is 0 Å². The van der Waals surface area contributed by atoms with Gasteiger partial charge in [0.1, 0.15) is 0 Å². The van der Waals surface area contributed by atoms with E-state index in [9.17, 15) is 0 Å². The molecular weight excluding hydrogens is 252 g/mol. The molecule has 0 aliphatic heterocycles. The number of rotatable bonds is 3. The standard InChI is InChI=1S/C14H12N6/c1-2-10-4-6-11(7-5-10)12-17-19-14(20-18-12)13-15-8-3-9-16-13/h3-9H,2H2,1H3. The van der Waals surface area contributed by atoms with Crippen molar-refractivity contribution in [3.05, 3.63) is 48.3 Å². The monoisotopic (exact) mass is 264 g/mol. The van der Waals surface area contributed by atoms with Crippen LogP contribution in [0.2, 0.25) is 0 Å². The fraction of sp³-hybridized carbons (Fsp3) is 0.143. The smallest absolute Gasteiger partial charge is 0.234 e. The van der Waals surface area contributed by atoms with Gasteiger partial charge in [0.25, 0.3) is 0 Å². The Balaban J connectivity index is 1.89. The largest absolute Gasteiger partial charge is 0.240 e. The molecule has 0 amide bonds. The summed E-state index contributed by atoms with van der Waals surface area (Å²) in [5.74, 6) is 1.23. The molecule has 0 saturated carbocycles. The lowest BCUT2D eigenvalue weighted by atomic mass is 10.1. The minimum Gasteiger partial charge on any atom is -0.234 e. The SMILES string of the molecule is CCc1ccc(-c2nnc(-c3ncccn3)nn2)cc1. The van der Waals surface area contributed by atoms with E-state index in [1.807, 2.05) is 24.3 Å². The van der Waals surface area contributed by atoms with Crippen molar-refractivity contribution in [2.24, 2.45) is 0 Å². The van der Waals surface area contributed by atoms with Crippen LogP contribution in [-0.4, -0.2) is 30.4 Å². The first-order valence-corrected chi connectivity index (χ1v) is 6.31. The molecule has 6 nitrogen and oxygen atoms in total. The minimum atomic E-state index is 0.319. The lowest BCUT2D eigenvalue weighted by Gasteiger charge is -2.01. The van der Waals surface area contributed by atoms with Gasteiger partial charge in [0.05, 0.1) is 0 Å². The van der Waals surface area contributed by atoms with Crippen molar-refractivity contribution in [1.29, 1.82) is 0 Å². The second kappa shape index (κ2) is 5.48. The maximum absolute atomic E-state index is 4.08. The highest BCUT2D eigenvalue weighted by molar-refractivity contribution is 5.54. The van der Waals surface area contributed by atoms with Gasteiger partial charge in [-0.25, -0.2) is 9.97 Å². The molecule has 6 heteroatoms. The summed E-state index contributed by atoms with van der Waals surface area (Å²) >= 11 is 0. The fourth-order valence-corrected chi connectivity index (χ4v) is 1.74. The number of benzene rings is 1. The highest BCUT2D eigenvalue weighted by atomic mass is 15.3. The number of aryl methyl sites for hydroxylation is 1. The maximum Gasteiger partial charge on any atom is 0.240 e. The van der Waals surface area contributed by atoms with Crippen LogP contribution in [0.1, 0.15) is 12.5 Å². The third-order valence-corrected chi connectivity index (χ3v) is 2.87. The maximum atomic E-state index is 4.08. The summed E-state index contributed by atoms with van der Waals surface area (Å²) in [5, 5.41) is 16.2. The predicted octanol–water partition coefficient (Wildman–Crippen LogP) is 1.95. The van der Waals surface area contributed by atoms with E-state index in [4.69, 9.17) is 0 Å². The van der Waals surface area contributed by atoms with Crippen LogP contribution in [0.3, 0.4) is 0 Å². The molecule has 0 aliphatic carbocycles. The van der Waals surface area contributed by atoms with Crippen LogP contribution < -0.4 is 0 Å². The van der Waals surface area contributed by atoms with Gasteiger partial charge in [0, 0.05) is 18.0 Å². The summed E-state index contributed by atoms with van der Waals surface area (Å²) < 4.78 is 0. The molecule has 0 spiro atoms. The van der Waals surface area contributed by atoms with Crippen molar-refractivity contribution >= 4 is 0 Å². The summed E-state index contributed by atoms with van der Waals surface area (Å²) in [5.41, 5.74) is 2.16. The Kier molecular flexibility index (Phi) is 3.36. The van der Waals surface area contributed by atoms with Crippen molar-refractivity contribution in [3.63, 3.8) is 0 Å². The Labute approximate surface area is 116 Å². The van der Waals surface area contributed by atoms with Crippen molar-refractivity contribution in [1.82, 2.24) is 30.4 Å². The van der Waals surface area contributed by atoms with Crippen LogP contribution in [0.4, 0.5) is 0 Å². The minimum absolute atomic E-state index is 0.319. The summed E-state index contributed by atoms with van der Waals surface area (Å²) in [7, 11) is 0. The first-order valence-electron chi connectivity index (χ1n) is 6.31. The molecule has 2 aromatic heterocycles. The number of aromatic nitrogens is 6. The number of hydrogen-bond donors (Lipinski definition) is 0.